The highest BCUT2D eigenvalue weighted by Gasteiger charge is 2.19. The van der Waals surface area contributed by atoms with E-state index in [1.54, 1.807) is 6.26 Å². The summed E-state index contributed by atoms with van der Waals surface area (Å²) in [6, 6.07) is 4.51. The average Bonchev–Trinajstić information content (AvgIpc) is 3.06. The second-order valence-electron chi connectivity index (χ2n) is 4.80. The molecule has 0 saturated carbocycles. The molecule has 1 saturated heterocycles. The van der Waals surface area contributed by atoms with Gasteiger partial charge >= 0.3 is 0 Å². The van der Waals surface area contributed by atoms with Gasteiger partial charge in [-0.1, -0.05) is 0 Å². The molecule has 96 valence electrons. The topological polar surface area (TPSA) is 41.3 Å². The first-order valence-electron chi connectivity index (χ1n) is 6.69. The smallest absolute Gasteiger partial charge is 0.139 e. The van der Waals surface area contributed by atoms with Crippen LogP contribution in [0, 0.1) is 0 Å². The van der Waals surface area contributed by atoms with Crippen LogP contribution in [0.3, 0.4) is 0 Å². The molecule has 0 radical (unpaired) electrons. The van der Waals surface area contributed by atoms with E-state index in [0.29, 0.717) is 6.04 Å². The summed E-state index contributed by atoms with van der Waals surface area (Å²) < 4.78 is 5.44. The molecule has 1 aliphatic rings. The van der Waals surface area contributed by atoms with E-state index in [-0.39, 0.29) is 0 Å². The van der Waals surface area contributed by atoms with Crippen molar-refractivity contribution in [2.45, 2.75) is 25.8 Å². The number of fused-ring (bicyclic) bond motifs is 1. The summed E-state index contributed by atoms with van der Waals surface area (Å²) in [6.07, 6.45) is 6.10. The van der Waals surface area contributed by atoms with Gasteiger partial charge in [0.2, 0.25) is 0 Å². The zero-order valence-electron chi connectivity index (χ0n) is 10.7. The van der Waals surface area contributed by atoms with Crippen molar-refractivity contribution in [3.63, 3.8) is 0 Å². The number of nitrogens with one attached hydrogen (secondary N) is 1. The third-order valence-corrected chi connectivity index (χ3v) is 3.64. The first-order chi connectivity index (χ1) is 8.88. The minimum absolute atomic E-state index is 0.592. The molecule has 0 aliphatic carbocycles. The molecule has 1 fully saturated rings. The Balaban J connectivity index is 1.87. The molecule has 3 rings (SSSR count). The lowest BCUT2D eigenvalue weighted by atomic mass is 10.2. The van der Waals surface area contributed by atoms with Crippen LogP contribution in [0.1, 0.15) is 19.8 Å². The van der Waals surface area contributed by atoms with E-state index in [1.807, 2.05) is 18.3 Å². The fourth-order valence-corrected chi connectivity index (χ4v) is 2.68. The predicted molar refractivity (Wildman–Crippen MR) is 72.9 cm³/mol. The number of nitrogens with zero attached hydrogens (tertiary/aromatic N) is 2. The van der Waals surface area contributed by atoms with E-state index in [1.165, 1.54) is 12.8 Å². The monoisotopic (exact) mass is 245 g/mol. The lowest BCUT2D eigenvalue weighted by Gasteiger charge is -2.25. The van der Waals surface area contributed by atoms with Crippen LogP contribution in [0.5, 0.6) is 0 Å². The van der Waals surface area contributed by atoms with Gasteiger partial charge in [-0.15, -0.1) is 0 Å². The van der Waals surface area contributed by atoms with Gasteiger partial charge in [-0.25, -0.2) is 4.98 Å². The number of pyridine rings is 1. The van der Waals surface area contributed by atoms with Crippen molar-refractivity contribution in [3.05, 3.63) is 24.6 Å². The Morgan fingerprint density at radius 1 is 1.50 bits per heavy atom. The maximum atomic E-state index is 5.44. The molecule has 0 amide bonds. The van der Waals surface area contributed by atoms with Crippen molar-refractivity contribution in [2.24, 2.45) is 0 Å². The van der Waals surface area contributed by atoms with Crippen molar-refractivity contribution in [2.75, 3.05) is 24.5 Å². The lowest BCUT2D eigenvalue weighted by molar-refractivity contribution is 0.584. The van der Waals surface area contributed by atoms with Crippen LogP contribution in [0.2, 0.25) is 0 Å². The highest BCUT2D eigenvalue weighted by atomic mass is 16.3. The maximum Gasteiger partial charge on any atom is 0.139 e. The van der Waals surface area contributed by atoms with Gasteiger partial charge in [0.25, 0.3) is 0 Å². The predicted octanol–water partition coefficient (Wildman–Crippen LogP) is 2.41. The zero-order valence-corrected chi connectivity index (χ0v) is 10.7. The normalized spacial score (nSPS) is 19.5. The molecule has 1 unspecified atom stereocenters. The Morgan fingerprint density at radius 3 is 3.22 bits per heavy atom. The molecule has 0 aromatic carbocycles. The van der Waals surface area contributed by atoms with Crippen molar-refractivity contribution in [1.29, 1.82) is 0 Å². The second-order valence-corrected chi connectivity index (χ2v) is 4.80. The molecular formula is C14H19N3O. The molecule has 4 heteroatoms. The number of hydrogen-bond acceptors (Lipinski definition) is 4. The van der Waals surface area contributed by atoms with Crippen molar-refractivity contribution >= 4 is 16.8 Å². The van der Waals surface area contributed by atoms with E-state index >= 15 is 0 Å². The molecule has 3 heterocycles. The van der Waals surface area contributed by atoms with Crippen LogP contribution in [0.25, 0.3) is 11.0 Å². The van der Waals surface area contributed by atoms with Gasteiger partial charge in [0.05, 0.1) is 11.6 Å². The average molecular weight is 245 g/mol. The SMILES string of the molecule is CCN(CC1CCCN1)c1nccc2occc12. The quantitative estimate of drug-likeness (QED) is 0.898. The van der Waals surface area contributed by atoms with Crippen molar-refractivity contribution in [3.8, 4) is 0 Å². The second kappa shape index (κ2) is 4.98. The molecule has 2 aromatic rings. The van der Waals surface area contributed by atoms with Crippen LogP contribution in [0.4, 0.5) is 5.82 Å². The summed E-state index contributed by atoms with van der Waals surface area (Å²) in [5.74, 6) is 1.04. The summed E-state index contributed by atoms with van der Waals surface area (Å²) in [5, 5.41) is 4.65. The summed E-state index contributed by atoms with van der Waals surface area (Å²) >= 11 is 0. The van der Waals surface area contributed by atoms with Crippen LogP contribution in [-0.2, 0) is 0 Å². The Bertz CT molecular complexity index is 516. The molecule has 1 aliphatic heterocycles. The van der Waals surface area contributed by atoms with Gasteiger partial charge in [-0.3, -0.25) is 0 Å². The molecule has 0 spiro atoms. The number of furan rings is 1. The van der Waals surface area contributed by atoms with Crippen molar-refractivity contribution in [1.82, 2.24) is 10.3 Å². The fourth-order valence-electron chi connectivity index (χ4n) is 2.68. The molecular weight excluding hydrogens is 226 g/mol. The zero-order chi connectivity index (χ0) is 12.4. The van der Waals surface area contributed by atoms with Gasteiger partial charge in [-0.2, -0.15) is 0 Å². The standard InChI is InChI=1S/C14H19N3O/c1-2-17(10-11-4-3-7-15-11)14-12-6-9-18-13(12)5-8-16-14/h5-6,8-9,11,15H,2-4,7,10H2,1H3. The summed E-state index contributed by atoms with van der Waals surface area (Å²) in [4.78, 5) is 6.86. The molecule has 1 atom stereocenters. The number of anilines is 1. The highest BCUT2D eigenvalue weighted by molar-refractivity contribution is 5.88. The summed E-state index contributed by atoms with van der Waals surface area (Å²) in [5.41, 5.74) is 0.915. The van der Waals surface area contributed by atoms with E-state index in [2.05, 4.69) is 22.1 Å². The first-order valence-corrected chi connectivity index (χ1v) is 6.69. The van der Waals surface area contributed by atoms with E-state index < -0.39 is 0 Å². The number of aromatic nitrogens is 1. The third-order valence-electron chi connectivity index (χ3n) is 3.64. The van der Waals surface area contributed by atoms with Crippen LogP contribution >= 0.6 is 0 Å². The van der Waals surface area contributed by atoms with Gasteiger partial charge in [0.15, 0.2) is 0 Å². The van der Waals surface area contributed by atoms with Crippen molar-refractivity contribution < 1.29 is 4.42 Å². The first kappa shape index (κ1) is 11.5. The van der Waals surface area contributed by atoms with Gasteiger partial charge in [-0.05, 0) is 38.4 Å². The molecule has 2 aromatic heterocycles. The molecule has 4 nitrogen and oxygen atoms in total. The number of hydrogen-bond donors (Lipinski definition) is 1. The maximum absolute atomic E-state index is 5.44. The van der Waals surface area contributed by atoms with E-state index in [4.69, 9.17) is 4.42 Å². The summed E-state index contributed by atoms with van der Waals surface area (Å²) in [7, 11) is 0. The minimum Gasteiger partial charge on any atom is -0.464 e. The Hall–Kier alpha value is -1.55. The highest BCUT2D eigenvalue weighted by Crippen LogP contribution is 2.25. The summed E-state index contributed by atoms with van der Waals surface area (Å²) in [6.45, 7) is 5.31. The third kappa shape index (κ3) is 2.08. The number of rotatable bonds is 4. The lowest BCUT2D eigenvalue weighted by Crippen LogP contribution is -2.38. The van der Waals surface area contributed by atoms with Crippen LogP contribution < -0.4 is 10.2 Å². The van der Waals surface area contributed by atoms with Gasteiger partial charge in [0, 0.05) is 25.3 Å². The Labute approximate surface area is 107 Å². The van der Waals surface area contributed by atoms with E-state index in [9.17, 15) is 0 Å². The molecule has 1 N–H and O–H groups in total. The van der Waals surface area contributed by atoms with Crippen LogP contribution in [-0.4, -0.2) is 30.7 Å². The van der Waals surface area contributed by atoms with Crippen LogP contribution in [0.15, 0.2) is 29.0 Å². The number of likely N-dealkylation sites (N-methyl/N-ethyl adjacent to an activating group) is 1. The molecule has 0 bridgehead atoms. The largest absolute Gasteiger partial charge is 0.464 e. The molecule has 18 heavy (non-hydrogen) atoms. The Morgan fingerprint density at radius 2 is 2.44 bits per heavy atom. The van der Waals surface area contributed by atoms with Gasteiger partial charge in [0.1, 0.15) is 11.4 Å². The van der Waals surface area contributed by atoms with Gasteiger partial charge < -0.3 is 14.6 Å². The minimum atomic E-state index is 0.592. The fraction of sp³-hybridized carbons (Fsp3) is 0.500. The Kier molecular flexibility index (Phi) is 3.19. The van der Waals surface area contributed by atoms with E-state index in [0.717, 1.165) is 36.4 Å².